The standard InChI is InChI=1S/C13H24N2O2/c1-9(2)11-14-13(5-6-13)12(16)15(11)7-10(3)8-17-4/h9-11,14H,5-8H2,1-4H3. The summed E-state index contributed by atoms with van der Waals surface area (Å²) < 4.78 is 5.15. The van der Waals surface area contributed by atoms with Crippen LogP contribution in [0.5, 0.6) is 0 Å². The Balaban J connectivity index is 2.04. The average molecular weight is 240 g/mol. The maximum Gasteiger partial charge on any atom is 0.244 e. The van der Waals surface area contributed by atoms with Gasteiger partial charge in [0.25, 0.3) is 0 Å². The van der Waals surface area contributed by atoms with Crippen LogP contribution in [0.4, 0.5) is 0 Å². The van der Waals surface area contributed by atoms with Crippen LogP contribution >= 0.6 is 0 Å². The molecule has 2 aliphatic rings. The molecule has 2 rings (SSSR count). The Kier molecular flexibility index (Phi) is 3.46. The number of hydrogen-bond acceptors (Lipinski definition) is 3. The summed E-state index contributed by atoms with van der Waals surface area (Å²) in [5.74, 6) is 1.15. The van der Waals surface area contributed by atoms with Crippen molar-refractivity contribution in [1.82, 2.24) is 10.2 Å². The summed E-state index contributed by atoms with van der Waals surface area (Å²) in [4.78, 5) is 14.4. The molecule has 0 bridgehead atoms. The SMILES string of the molecule is COCC(C)CN1C(=O)C2(CC2)NC1C(C)C. The molecule has 17 heavy (non-hydrogen) atoms. The predicted octanol–water partition coefficient (Wildman–Crippen LogP) is 1.22. The van der Waals surface area contributed by atoms with Gasteiger partial charge in [0.1, 0.15) is 0 Å². The molecule has 0 aromatic heterocycles. The van der Waals surface area contributed by atoms with Crippen molar-refractivity contribution in [2.24, 2.45) is 11.8 Å². The van der Waals surface area contributed by atoms with E-state index in [9.17, 15) is 4.79 Å². The van der Waals surface area contributed by atoms with Gasteiger partial charge >= 0.3 is 0 Å². The quantitative estimate of drug-likeness (QED) is 0.785. The zero-order valence-corrected chi connectivity index (χ0v) is 11.3. The summed E-state index contributed by atoms with van der Waals surface area (Å²) in [6, 6.07) is 0. The topological polar surface area (TPSA) is 41.6 Å². The van der Waals surface area contributed by atoms with Crippen LogP contribution < -0.4 is 5.32 Å². The maximum atomic E-state index is 12.4. The number of carbonyl (C=O) groups excluding carboxylic acids is 1. The number of nitrogens with one attached hydrogen (secondary N) is 1. The number of amides is 1. The fourth-order valence-corrected chi connectivity index (χ4v) is 2.70. The maximum absolute atomic E-state index is 12.4. The van der Waals surface area contributed by atoms with Crippen LogP contribution in [-0.2, 0) is 9.53 Å². The Labute approximate surface area is 104 Å². The van der Waals surface area contributed by atoms with Crippen LogP contribution in [0.2, 0.25) is 0 Å². The van der Waals surface area contributed by atoms with Crippen LogP contribution in [0.1, 0.15) is 33.6 Å². The van der Waals surface area contributed by atoms with E-state index in [1.54, 1.807) is 7.11 Å². The van der Waals surface area contributed by atoms with E-state index >= 15 is 0 Å². The van der Waals surface area contributed by atoms with Crippen LogP contribution in [-0.4, -0.2) is 42.8 Å². The summed E-state index contributed by atoms with van der Waals surface area (Å²) in [5.41, 5.74) is -0.193. The third-order valence-electron chi connectivity index (χ3n) is 3.77. The van der Waals surface area contributed by atoms with E-state index in [1.165, 1.54) is 0 Å². The number of hydrogen-bond donors (Lipinski definition) is 1. The number of rotatable bonds is 5. The molecule has 1 N–H and O–H groups in total. The zero-order valence-electron chi connectivity index (χ0n) is 11.3. The first-order valence-corrected chi connectivity index (χ1v) is 6.58. The Morgan fingerprint density at radius 1 is 1.47 bits per heavy atom. The van der Waals surface area contributed by atoms with Crippen LogP contribution in [0.25, 0.3) is 0 Å². The van der Waals surface area contributed by atoms with E-state index in [1.807, 2.05) is 4.90 Å². The summed E-state index contributed by atoms with van der Waals surface area (Å²) in [6.45, 7) is 7.97. The minimum Gasteiger partial charge on any atom is -0.384 e. The monoisotopic (exact) mass is 240 g/mol. The number of methoxy groups -OCH3 is 1. The van der Waals surface area contributed by atoms with Crippen molar-refractivity contribution in [1.29, 1.82) is 0 Å². The first-order chi connectivity index (χ1) is 8.00. The molecule has 2 unspecified atom stereocenters. The molecular formula is C13H24N2O2. The molecule has 0 aromatic carbocycles. The molecule has 4 nitrogen and oxygen atoms in total. The van der Waals surface area contributed by atoms with Gasteiger partial charge in [0.15, 0.2) is 0 Å². The van der Waals surface area contributed by atoms with E-state index < -0.39 is 0 Å². The van der Waals surface area contributed by atoms with Gasteiger partial charge in [-0.25, -0.2) is 0 Å². The van der Waals surface area contributed by atoms with Gasteiger partial charge < -0.3 is 9.64 Å². The molecule has 1 spiro atoms. The highest BCUT2D eigenvalue weighted by Gasteiger charge is 2.59. The van der Waals surface area contributed by atoms with Crippen LogP contribution in [0.15, 0.2) is 0 Å². The van der Waals surface area contributed by atoms with Crippen molar-refractivity contribution in [3.05, 3.63) is 0 Å². The highest BCUT2D eigenvalue weighted by atomic mass is 16.5. The van der Waals surface area contributed by atoms with Gasteiger partial charge in [0.05, 0.1) is 18.3 Å². The lowest BCUT2D eigenvalue weighted by molar-refractivity contribution is -0.132. The van der Waals surface area contributed by atoms with Crippen molar-refractivity contribution in [2.45, 2.75) is 45.3 Å². The van der Waals surface area contributed by atoms with Gasteiger partial charge in [-0.3, -0.25) is 10.1 Å². The number of nitrogens with zero attached hydrogens (tertiary/aromatic N) is 1. The predicted molar refractivity (Wildman–Crippen MR) is 66.5 cm³/mol. The highest BCUT2D eigenvalue weighted by Crippen LogP contribution is 2.43. The third-order valence-corrected chi connectivity index (χ3v) is 3.77. The molecule has 1 heterocycles. The minimum absolute atomic E-state index is 0.193. The zero-order chi connectivity index (χ0) is 12.6. The van der Waals surface area contributed by atoms with Gasteiger partial charge in [-0.2, -0.15) is 0 Å². The molecule has 1 aliphatic heterocycles. The molecule has 0 aromatic rings. The molecule has 4 heteroatoms. The molecule has 0 radical (unpaired) electrons. The van der Waals surface area contributed by atoms with E-state index in [2.05, 4.69) is 26.1 Å². The highest BCUT2D eigenvalue weighted by molar-refractivity contribution is 5.91. The second-order valence-electron chi connectivity index (χ2n) is 5.93. The molecular weight excluding hydrogens is 216 g/mol. The Bertz CT molecular complexity index is 300. The Hall–Kier alpha value is -0.610. The van der Waals surface area contributed by atoms with Crippen molar-refractivity contribution in [3.8, 4) is 0 Å². The molecule has 1 saturated carbocycles. The van der Waals surface area contributed by atoms with E-state index in [0.29, 0.717) is 24.3 Å². The van der Waals surface area contributed by atoms with Gasteiger partial charge in [-0.05, 0) is 24.7 Å². The summed E-state index contributed by atoms with van der Waals surface area (Å²) in [7, 11) is 1.71. The summed E-state index contributed by atoms with van der Waals surface area (Å²) >= 11 is 0. The Morgan fingerprint density at radius 2 is 2.12 bits per heavy atom. The Morgan fingerprint density at radius 3 is 2.59 bits per heavy atom. The van der Waals surface area contributed by atoms with E-state index in [0.717, 1.165) is 19.4 Å². The first kappa shape index (κ1) is 12.8. The van der Waals surface area contributed by atoms with Crippen molar-refractivity contribution >= 4 is 5.91 Å². The number of carbonyl (C=O) groups is 1. The van der Waals surface area contributed by atoms with Crippen molar-refractivity contribution in [3.63, 3.8) is 0 Å². The van der Waals surface area contributed by atoms with Crippen molar-refractivity contribution < 1.29 is 9.53 Å². The van der Waals surface area contributed by atoms with Crippen LogP contribution in [0.3, 0.4) is 0 Å². The minimum atomic E-state index is -0.193. The lowest BCUT2D eigenvalue weighted by Gasteiger charge is -2.29. The van der Waals surface area contributed by atoms with Gasteiger partial charge in [0.2, 0.25) is 5.91 Å². The molecule has 1 amide bonds. The largest absolute Gasteiger partial charge is 0.384 e. The van der Waals surface area contributed by atoms with Crippen molar-refractivity contribution in [2.75, 3.05) is 20.3 Å². The summed E-state index contributed by atoms with van der Waals surface area (Å²) in [5, 5.41) is 3.52. The summed E-state index contributed by atoms with van der Waals surface area (Å²) in [6.07, 6.45) is 2.21. The fourth-order valence-electron chi connectivity index (χ4n) is 2.70. The van der Waals surface area contributed by atoms with Gasteiger partial charge in [-0.1, -0.05) is 20.8 Å². The molecule has 98 valence electrons. The fraction of sp³-hybridized carbons (Fsp3) is 0.923. The number of ether oxygens (including phenoxy) is 1. The van der Waals surface area contributed by atoms with E-state index in [4.69, 9.17) is 4.74 Å². The first-order valence-electron chi connectivity index (χ1n) is 6.58. The normalized spacial score (nSPS) is 28.2. The van der Waals surface area contributed by atoms with E-state index in [-0.39, 0.29) is 11.7 Å². The molecule has 2 atom stereocenters. The van der Waals surface area contributed by atoms with Crippen LogP contribution in [0, 0.1) is 11.8 Å². The average Bonchev–Trinajstić information content (AvgIpc) is 2.98. The van der Waals surface area contributed by atoms with Gasteiger partial charge in [0, 0.05) is 13.7 Å². The second kappa shape index (κ2) is 4.58. The molecule has 2 fully saturated rings. The smallest absolute Gasteiger partial charge is 0.244 e. The lowest BCUT2D eigenvalue weighted by atomic mass is 10.1. The lowest BCUT2D eigenvalue weighted by Crippen LogP contribution is -2.44. The third kappa shape index (κ3) is 2.33. The molecule has 1 aliphatic carbocycles. The molecule has 1 saturated heterocycles. The second-order valence-corrected chi connectivity index (χ2v) is 5.93. The van der Waals surface area contributed by atoms with Gasteiger partial charge in [-0.15, -0.1) is 0 Å².